The number of rotatable bonds is 4. The Labute approximate surface area is 138 Å². The summed E-state index contributed by atoms with van der Waals surface area (Å²) in [5.74, 6) is -0.620. The summed E-state index contributed by atoms with van der Waals surface area (Å²) in [7, 11) is 0. The molecule has 5 heteroatoms. The van der Waals surface area contributed by atoms with E-state index in [1.165, 1.54) is 19.3 Å². The zero-order valence-electron chi connectivity index (χ0n) is 11.6. The van der Waals surface area contributed by atoms with Crippen LogP contribution >= 0.6 is 27.5 Å². The fourth-order valence-electron chi connectivity index (χ4n) is 2.98. The van der Waals surface area contributed by atoms with E-state index in [0.717, 1.165) is 28.4 Å². The van der Waals surface area contributed by atoms with Crippen LogP contribution in [0, 0.1) is 11.3 Å². The van der Waals surface area contributed by atoms with E-state index in [0.29, 0.717) is 11.5 Å². The Bertz CT molecular complexity index is 576. The van der Waals surface area contributed by atoms with Crippen LogP contribution in [0.2, 0.25) is 0 Å². The molecule has 1 saturated carbocycles. The number of halogens is 2. The second kappa shape index (κ2) is 7.29. The van der Waals surface area contributed by atoms with Crippen LogP contribution in [0.15, 0.2) is 16.6 Å². The van der Waals surface area contributed by atoms with Gasteiger partial charge >= 0.3 is 5.97 Å². The Hall–Kier alpha value is -1.05. The molecule has 0 bridgehead atoms. The predicted molar refractivity (Wildman–Crippen MR) is 85.7 cm³/mol. The van der Waals surface area contributed by atoms with E-state index in [1.54, 1.807) is 6.07 Å². The third kappa shape index (κ3) is 3.99. The van der Waals surface area contributed by atoms with Gasteiger partial charge in [0.2, 0.25) is 0 Å². The molecule has 1 N–H and O–H groups in total. The Morgan fingerprint density at radius 3 is 2.67 bits per heavy atom. The standard InChI is InChI=1S/C16H17BrClNO2/c17-13-7-10(8-14(18)16(20)21)6-12(9-19)15(13)11-4-2-1-3-5-11/h6-7,11,14H,1-5,8H2,(H,20,21). The van der Waals surface area contributed by atoms with Crippen molar-refractivity contribution in [1.82, 2.24) is 0 Å². The number of benzene rings is 1. The van der Waals surface area contributed by atoms with Crippen LogP contribution in [-0.2, 0) is 11.2 Å². The molecule has 0 radical (unpaired) electrons. The summed E-state index contributed by atoms with van der Waals surface area (Å²) in [6, 6.07) is 5.95. The Kier molecular flexibility index (Phi) is 5.66. The minimum atomic E-state index is -1.04. The van der Waals surface area contributed by atoms with Crippen molar-refractivity contribution in [2.75, 3.05) is 0 Å². The molecule has 0 aliphatic heterocycles. The fraction of sp³-hybridized carbons (Fsp3) is 0.500. The average molecular weight is 371 g/mol. The first-order valence-corrected chi connectivity index (χ1v) is 8.35. The highest BCUT2D eigenvalue weighted by Crippen LogP contribution is 2.39. The first-order valence-electron chi connectivity index (χ1n) is 7.12. The lowest BCUT2D eigenvalue weighted by molar-refractivity contribution is -0.136. The molecule has 1 fully saturated rings. The third-order valence-electron chi connectivity index (χ3n) is 4.01. The van der Waals surface area contributed by atoms with Crippen molar-refractivity contribution in [3.05, 3.63) is 33.3 Å². The van der Waals surface area contributed by atoms with Crippen LogP contribution in [0.4, 0.5) is 0 Å². The van der Waals surface area contributed by atoms with Gasteiger partial charge in [-0.1, -0.05) is 35.2 Å². The first kappa shape index (κ1) is 16.3. The summed E-state index contributed by atoms with van der Waals surface area (Å²) in [6.45, 7) is 0. The molecule has 2 rings (SSSR count). The van der Waals surface area contributed by atoms with Crippen LogP contribution in [0.5, 0.6) is 0 Å². The summed E-state index contributed by atoms with van der Waals surface area (Å²) >= 11 is 9.35. The number of aliphatic carboxylic acids is 1. The molecule has 0 aromatic heterocycles. The molecule has 1 aliphatic rings. The number of nitriles is 1. The number of hydrogen-bond acceptors (Lipinski definition) is 2. The van der Waals surface area contributed by atoms with Crippen molar-refractivity contribution in [2.45, 2.75) is 49.8 Å². The largest absolute Gasteiger partial charge is 0.480 e. The normalized spacial score (nSPS) is 17.2. The van der Waals surface area contributed by atoms with Crippen molar-refractivity contribution in [2.24, 2.45) is 0 Å². The van der Waals surface area contributed by atoms with Gasteiger partial charge < -0.3 is 5.11 Å². The van der Waals surface area contributed by atoms with Gasteiger partial charge in [-0.15, -0.1) is 11.6 Å². The SMILES string of the molecule is N#Cc1cc(CC(Cl)C(=O)O)cc(Br)c1C1CCCCC1. The molecule has 3 nitrogen and oxygen atoms in total. The fourth-order valence-corrected chi connectivity index (χ4v) is 3.99. The third-order valence-corrected chi connectivity index (χ3v) is 5.00. The van der Waals surface area contributed by atoms with Crippen LogP contribution in [0.3, 0.4) is 0 Å². The minimum Gasteiger partial charge on any atom is -0.480 e. The molecule has 0 heterocycles. The van der Waals surface area contributed by atoms with E-state index in [-0.39, 0.29) is 6.42 Å². The highest BCUT2D eigenvalue weighted by molar-refractivity contribution is 9.10. The van der Waals surface area contributed by atoms with Crippen LogP contribution in [-0.4, -0.2) is 16.5 Å². The number of hydrogen-bond donors (Lipinski definition) is 1. The van der Waals surface area contributed by atoms with Crippen molar-refractivity contribution >= 4 is 33.5 Å². The monoisotopic (exact) mass is 369 g/mol. The van der Waals surface area contributed by atoms with Crippen molar-refractivity contribution in [3.63, 3.8) is 0 Å². The first-order chi connectivity index (χ1) is 10.0. The molecular formula is C16H17BrClNO2. The van der Waals surface area contributed by atoms with Gasteiger partial charge in [-0.2, -0.15) is 5.26 Å². The van der Waals surface area contributed by atoms with Gasteiger partial charge in [-0.25, -0.2) is 0 Å². The van der Waals surface area contributed by atoms with Gasteiger partial charge in [-0.05, 0) is 48.4 Å². The number of alkyl halides is 1. The zero-order valence-corrected chi connectivity index (χ0v) is 14.0. The Morgan fingerprint density at radius 2 is 2.10 bits per heavy atom. The maximum Gasteiger partial charge on any atom is 0.321 e. The maximum absolute atomic E-state index is 10.8. The molecule has 1 atom stereocenters. The molecule has 1 aliphatic carbocycles. The van der Waals surface area contributed by atoms with Crippen molar-refractivity contribution in [3.8, 4) is 6.07 Å². The van der Waals surface area contributed by atoms with Gasteiger partial charge in [0, 0.05) is 4.47 Å². The van der Waals surface area contributed by atoms with Gasteiger partial charge in [-0.3, -0.25) is 4.79 Å². The Balaban J connectivity index is 2.31. The molecule has 1 aromatic rings. The van der Waals surface area contributed by atoms with Gasteiger partial charge in [0.05, 0.1) is 11.6 Å². The number of nitrogens with zero attached hydrogens (tertiary/aromatic N) is 1. The van der Waals surface area contributed by atoms with E-state index in [1.807, 2.05) is 6.07 Å². The second-order valence-electron chi connectivity index (χ2n) is 5.50. The molecule has 0 spiro atoms. The van der Waals surface area contributed by atoms with Crippen molar-refractivity contribution < 1.29 is 9.90 Å². The topological polar surface area (TPSA) is 61.1 Å². The van der Waals surface area contributed by atoms with E-state index in [2.05, 4.69) is 22.0 Å². The lowest BCUT2D eigenvalue weighted by atomic mass is 9.81. The van der Waals surface area contributed by atoms with Gasteiger partial charge in [0.1, 0.15) is 5.38 Å². The molecular weight excluding hydrogens is 354 g/mol. The quantitative estimate of drug-likeness (QED) is 0.788. The molecule has 0 saturated heterocycles. The highest BCUT2D eigenvalue weighted by atomic mass is 79.9. The van der Waals surface area contributed by atoms with Crippen LogP contribution in [0.1, 0.15) is 54.7 Å². The van der Waals surface area contributed by atoms with Gasteiger partial charge in [0.15, 0.2) is 0 Å². The lowest BCUT2D eigenvalue weighted by Gasteiger charge is -2.24. The van der Waals surface area contributed by atoms with Gasteiger partial charge in [0.25, 0.3) is 0 Å². The van der Waals surface area contributed by atoms with Crippen molar-refractivity contribution in [1.29, 1.82) is 5.26 Å². The van der Waals surface area contributed by atoms with E-state index in [9.17, 15) is 10.1 Å². The summed E-state index contributed by atoms with van der Waals surface area (Å²) < 4.78 is 0.901. The average Bonchev–Trinajstić information content (AvgIpc) is 2.47. The number of carbonyl (C=O) groups is 1. The molecule has 112 valence electrons. The number of carboxylic acid groups (broad SMARTS) is 1. The molecule has 0 amide bonds. The minimum absolute atomic E-state index is 0.217. The summed E-state index contributed by atoms with van der Waals surface area (Å²) in [6.07, 6.45) is 6.11. The summed E-state index contributed by atoms with van der Waals surface area (Å²) in [4.78, 5) is 10.8. The maximum atomic E-state index is 10.8. The lowest BCUT2D eigenvalue weighted by Crippen LogP contribution is -2.16. The molecule has 1 aromatic carbocycles. The van der Waals surface area contributed by atoms with E-state index >= 15 is 0 Å². The Morgan fingerprint density at radius 1 is 1.43 bits per heavy atom. The smallest absolute Gasteiger partial charge is 0.321 e. The van der Waals surface area contributed by atoms with E-state index < -0.39 is 11.3 Å². The van der Waals surface area contributed by atoms with Crippen LogP contribution < -0.4 is 0 Å². The zero-order chi connectivity index (χ0) is 15.4. The van der Waals surface area contributed by atoms with E-state index in [4.69, 9.17) is 16.7 Å². The summed E-state index contributed by atoms with van der Waals surface area (Å²) in [5.41, 5.74) is 2.49. The second-order valence-corrected chi connectivity index (χ2v) is 6.88. The van der Waals surface area contributed by atoms with Crippen LogP contribution in [0.25, 0.3) is 0 Å². The number of carboxylic acids is 1. The summed E-state index contributed by atoms with van der Waals surface area (Å²) in [5, 5.41) is 17.3. The molecule has 21 heavy (non-hydrogen) atoms. The highest BCUT2D eigenvalue weighted by Gasteiger charge is 2.23. The predicted octanol–water partition coefficient (Wildman–Crippen LogP) is 4.60. The molecule has 1 unspecified atom stereocenters.